The van der Waals surface area contributed by atoms with Crippen LogP contribution in [0.1, 0.15) is 48.0 Å². The largest absolute Gasteiger partial charge is 0.494 e. The molecule has 1 amide bonds. The van der Waals surface area contributed by atoms with Gasteiger partial charge in [0.15, 0.2) is 0 Å². The summed E-state index contributed by atoms with van der Waals surface area (Å²) < 4.78 is 25.7. The fourth-order valence-corrected chi connectivity index (χ4v) is 5.68. The van der Waals surface area contributed by atoms with Gasteiger partial charge in [-0.25, -0.2) is 0 Å². The van der Waals surface area contributed by atoms with Gasteiger partial charge in [0.05, 0.1) is 17.7 Å². The second kappa shape index (κ2) is 8.34. The first-order valence-electron chi connectivity index (χ1n) is 10.3. The van der Waals surface area contributed by atoms with Crippen molar-refractivity contribution in [1.82, 2.24) is 4.98 Å². The zero-order chi connectivity index (χ0) is 21.3. The number of benzene rings is 2. The number of aromatic nitrogens is 1. The summed E-state index contributed by atoms with van der Waals surface area (Å²) in [7, 11) is -2.44. The first-order valence-corrected chi connectivity index (χ1v) is 12.2. The SMILES string of the molecule is CCCOc1cccc(-c2cc(C(N)=O)c3[nH]cc(C4CCS(O)(O)CC4)c3c2)c1. The van der Waals surface area contributed by atoms with Gasteiger partial charge in [-0.15, -0.1) is 0 Å². The average Bonchev–Trinajstić information content (AvgIpc) is 3.15. The number of carbonyl (C=O) groups is 1. The second-order valence-electron chi connectivity index (χ2n) is 7.92. The molecule has 0 atom stereocenters. The fraction of sp³-hybridized carbons (Fsp3) is 0.348. The molecular formula is C23H28N2O4S. The second-order valence-corrected chi connectivity index (χ2v) is 10.3. The molecular weight excluding hydrogens is 400 g/mol. The van der Waals surface area contributed by atoms with Gasteiger partial charge in [-0.3, -0.25) is 13.9 Å². The molecule has 1 aliphatic rings. The maximum Gasteiger partial charge on any atom is 0.250 e. The van der Waals surface area contributed by atoms with Crippen LogP contribution in [0.25, 0.3) is 22.0 Å². The maximum atomic E-state index is 12.2. The number of primary amides is 1. The molecule has 2 heterocycles. The van der Waals surface area contributed by atoms with Crippen molar-refractivity contribution in [3.8, 4) is 16.9 Å². The van der Waals surface area contributed by atoms with Gasteiger partial charge in [0, 0.05) is 23.1 Å². The van der Waals surface area contributed by atoms with Crippen molar-refractivity contribution in [2.24, 2.45) is 5.73 Å². The normalized spacial score (nSPS) is 17.7. The van der Waals surface area contributed by atoms with Crippen LogP contribution in [0, 0.1) is 0 Å². The Labute approximate surface area is 177 Å². The minimum Gasteiger partial charge on any atom is -0.494 e. The lowest BCUT2D eigenvalue weighted by Gasteiger charge is -2.39. The highest BCUT2D eigenvalue weighted by molar-refractivity contribution is 8.24. The summed E-state index contributed by atoms with van der Waals surface area (Å²) in [6.45, 7) is 2.71. The van der Waals surface area contributed by atoms with Gasteiger partial charge in [0.25, 0.3) is 5.91 Å². The lowest BCUT2D eigenvalue weighted by Crippen LogP contribution is -2.19. The fourth-order valence-electron chi connectivity index (χ4n) is 4.16. The Morgan fingerprint density at radius 1 is 1.20 bits per heavy atom. The summed E-state index contributed by atoms with van der Waals surface area (Å²) in [4.78, 5) is 15.4. The van der Waals surface area contributed by atoms with Gasteiger partial charge in [-0.05, 0) is 66.1 Å². The molecule has 0 aliphatic carbocycles. The van der Waals surface area contributed by atoms with Crippen molar-refractivity contribution in [3.63, 3.8) is 0 Å². The number of amides is 1. The van der Waals surface area contributed by atoms with E-state index in [0.717, 1.165) is 39.8 Å². The molecule has 0 bridgehead atoms. The first-order chi connectivity index (χ1) is 14.4. The molecule has 0 saturated carbocycles. The summed E-state index contributed by atoms with van der Waals surface area (Å²) in [5.41, 5.74) is 9.84. The van der Waals surface area contributed by atoms with Crippen LogP contribution >= 0.6 is 10.6 Å². The molecule has 0 unspecified atom stereocenters. The Morgan fingerprint density at radius 3 is 2.67 bits per heavy atom. The topological polar surface area (TPSA) is 109 Å². The van der Waals surface area contributed by atoms with Crippen LogP contribution in [-0.4, -0.2) is 38.1 Å². The molecule has 7 heteroatoms. The van der Waals surface area contributed by atoms with E-state index in [-0.39, 0.29) is 5.92 Å². The zero-order valence-electron chi connectivity index (χ0n) is 17.1. The van der Waals surface area contributed by atoms with E-state index >= 15 is 0 Å². The number of nitrogens with two attached hydrogens (primary N) is 1. The predicted molar refractivity (Wildman–Crippen MR) is 123 cm³/mol. The van der Waals surface area contributed by atoms with Crippen molar-refractivity contribution in [2.45, 2.75) is 32.1 Å². The molecule has 30 heavy (non-hydrogen) atoms. The van der Waals surface area contributed by atoms with E-state index in [2.05, 4.69) is 18.0 Å². The molecule has 0 radical (unpaired) electrons. The van der Waals surface area contributed by atoms with Crippen LogP contribution in [-0.2, 0) is 0 Å². The van der Waals surface area contributed by atoms with Crippen molar-refractivity contribution in [1.29, 1.82) is 0 Å². The summed E-state index contributed by atoms with van der Waals surface area (Å²) >= 11 is 0. The highest BCUT2D eigenvalue weighted by Crippen LogP contribution is 2.49. The third-order valence-corrected chi connectivity index (χ3v) is 7.53. The van der Waals surface area contributed by atoms with Crippen molar-refractivity contribution in [2.75, 3.05) is 18.1 Å². The summed E-state index contributed by atoms with van der Waals surface area (Å²) in [5, 5.41) is 0.963. The van der Waals surface area contributed by atoms with Crippen LogP contribution in [0.5, 0.6) is 5.75 Å². The Morgan fingerprint density at radius 2 is 1.97 bits per heavy atom. The number of H-pyrrole nitrogens is 1. The highest BCUT2D eigenvalue weighted by Gasteiger charge is 2.27. The lowest BCUT2D eigenvalue weighted by molar-refractivity contribution is 0.100. The smallest absolute Gasteiger partial charge is 0.250 e. The molecule has 2 aromatic carbocycles. The average molecular weight is 429 g/mol. The molecule has 1 fully saturated rings. The molecule has 5 N–H and O–H groups in total. The Bertz CT molecular complexity index is 1070. The van der Waals surface area contributed by atoms with E-state index in [9.17, 15) is 13.9 Å². The van der Waals surface area contributed by atoms with Crippen molar-refractivity contribution >= 4 is 27.4 Å². The number of nitrogens with one attached hydrogen (secondary N) is 1. The molecule has 1 aromatic heterocycles. The number of rotatable bonds is 6. The number of aromatic amines is 1. The van der Waals surface area contributed by atoms with Crippen molar-refractivity contribution in [3.05, 3.63) is 53.7 Å². The van der Waals surface area contributed by atoms with Gasteiger partial charge in [0.2, 0.25) is 0 Å². The highest BCUT2D eigenvalue weighted by atomic mass is 32.3. The van der Waals surface area contributed by atoms with Gasteiger partial charge in [-0.1, -0.05) is 19.1 Å². The lowest BCUT2D eigenvalue weighted by atomic mass is 9.91. The van der Waals surface area contributed by atoms with Crippen LogP contribution in [0.15, 0.2) is 42.6 Å². The molecule has 3 aromatic rings. The number of carbonyl (C=O) groups excluding carboxylic acids is 1. The Kier molecular flexibility index (Phi) is 5.77. The number of hydrogen-bond acceptors (Lipinski definition) is 4. The van der Waals surface area contributed by atoms with Crippen molar-refractivity contribution < 1.29 is 18.6 Å². The number of ether oxygens (including phenoxy) is 1. The Hall–Kier alpha value is -2.48. The van der Waals surface area contributed by atoms with Crippen LogP contribution in [0.4, 0.5) is 0 Å². The molecule has 4 rings (SSSR count). The monoisotopic (exact) mass is 428 g/mol. The molecule has 1 aliphatic heterocycles. The predicted octanol–water partition coefficient (Wildman–Crippen LogP) is 5.35. The molecule has 0 spiro atoms. The summed E-state index contributed by atoms with van der Waals surface area (Å²) in [5.74, 6) is 1.37. The van der Waals surface area contributed by atoms with E-state index in [1.807, 2.05) is 36.5 Å². The van der Waals surface area contributed by atoms with E-state index in [4.69, 9.17) is 10.5 Å². The minimum absolute atomic E-state index is 0.217. The maximum absolute atomic E-state index is 12.2. The minimum atomic E-state index is -2.44. The van der Waals surface area contributed by atoms with E-state index in [0.29, 0.717) is 36.5 Å². The third-order valence-electron chi connectivity index (χ3n) is 5.75. The molecule has 160 valence electrons. The standard InChI is InChI=1S/C23H28N2O4S/c1-2-8-29-18-5-3-4-16(11-18)17-12-19-21(15-6-9-30(27,28)10-7-15)14-25-22(19)20(13-17)23(24)26/h3-5,11-15,25,27-28H,2,6-10H2,1H3,(H2,24,26). The van der Waals surface area contributed by atoms with Crippen LogP contribution < -0.4 is 10.5 Å². The van der Waals surface area contributed by atoms with Gasteiger partial charge >= 0.3 is 0 Å². The first kappa shape index (κ1) is 20.8. The van der Waals surface area contributed by atoms with E-state index in [1.165, 1.54) is 0 Å². The van der Waals surface area contributed by atoms with E-state index in [1.54, 1.807) is 0 Å². The molecule has 6 nitrogen and oxygen atoms in total. The Balaban J connectivity index is 1.77. The van der Waals surface area contributed by atoms with Gasteiger partial charge < -0.3 is 15.5 Å². The van der Waals surface area contributed by atoms with Gasteiger partial charge in [0.1, 0.15) is 5.75 Å². The van der Waals surface area contributed by atoms with Crippen LogP contribution in [0.3, 0.4) is 0 Å². The molecule has 1 saturated heterocycles. The quantitative estimate of drug-likeness (QED) is 0.424. The third kappa shape index (κ3) is 4.19. The van der Waals surface area contributed by atoms with Crippen LogP contribution in [0.2, 0.25) is 0 Å². The van der Waals surface area contributed by atoms with Gasteiger partial charge in [-0.2, -0.15) is 10.6 Å². The number of fused-ring (bicyclic) bond motifs is 1. The number of hydrogen-bond donors (Lipinski definition) is 4. The van der Waals surface area contributed by atoms with E-state index < -0.39 is 16.5 Å². The zero-order valence-corrected chi connectivity index (χ0v) is 17.9. The summed E-state index contributed by atoms with van der Waals surface area (Å²) in [6.07, 6.45) is 4.29. The summed E-state index contributed by atoms with van der Waals surface area (Å²) in [6, 6.07) is 11.7.